The molecule has 0 bridgehead atoms. The maximum atomic E-state index is 12.7. The Morgan fingerprint density at radius 1 is 1.06 bits per heavy atom. The number of benzene rings is 2. The molecule has 0 unspecified atom stereocenters. The van der Waals surface area contributed by atoms with Gasteiger partial charge >= 0.3 is 0 Å². The van der Waals surface area contributed by atoms with E-state index >= 15 is 0 Å². The minimum atomic E-state index is -0.0562. The molecule has 1 amide bonds. The highest BCUT2D eigenvalue weighted by Crippen LogP contribution is 2.40. The molecule has 0 spiro atoms. The van der Waals surface area contributed by atoms with Crippen molar-refractivity contribution < 1.29 is 23.4 Å². The van der Waals surface area contributed by atoms with Gasteiger partial charge in [-0.3, -0.25) is 4.79 Å². The van der Waals surface area contributed by atoms with Gasteiger partial charge in [-0.05, 0) is 56.0 Å². The lowest BCUT2D eigenvalue weighted by atomic mass is 9.95. The molecule has 34 heavy (non-hydrogen) atoms. The highest BCUT2D eigenvalue weighted by atomic mass is 16.5. The lowest BCUT2D eigenvalue weighted by molar-refractivity contribution is -0.117. The maximum absolute atomic E-state index is 12.7. The molecule has 6 nitrogen and oxygen atoms in total. The third-order valence-corrected chi connectivity index (χ3v) is 6.39. The van der Waals surface area contributed by atoms with E-state index in [1.807, 2.05) is 44.2 Å². The molecule has 6 heteroatoms. The van der Waals surface area contributed by atoms with Crippen LogP contribution in [0.2, 0.25) is 0 Å². The van der Waals surface area contributed by atoms with Gasteiger partial charge in [0.15, 0.2) is 11.5 Å². The molecule has 1 N–H and O–H groups in total. The van der Waals surface area contributed by atoms with Crippen LogP contribution in [-0.2, 0) is 4.79 Å². The summed E-state index contributed by atoms with van der Waals surface area (Å²) in [7, 11) is 3.24. The largest absolute Gasteiger partial charge is 0.493 e. The Kier molecular flexibility index (Phi) is 7.46. The number of nitrogens with one attached hydrogen (secondary N) is 1. The first-order valence-electron chi connectivity index (χ1n) is 11.9. The van der Waals surface area contributed by atoms with Crippen molar-refractivity contribution in [2.45, 2.75) is 52.0 Å². The van der Waals surface area contributed by atoms with Crippen molar-refractivity contribution in [1.82, 2.24) is 5.32 Å². The number of methoxy groups -OCH3 is 2. The second-order valence-electron chi connectivity index (χ2n) is 8.67. The van der Waals surface area contributed by atoms with E-state index in [4.69, 9.17) is 18.6 Å². The first-order valence-corrected chi connectivity index (χ1v) is 11.9. The number of carbonyl (C=O) groups excluding carboxylic acids is 1. The van der Waals surface area contributed by atoms with Crippen molar-refractivity contribution in [3.8, 4) is 28.4 Å². The van der Waals surface area contributed by atoms with E-state index in [2.05, 4.69) is 5.32 Å². The molecule has 0 atom stereocenters. The Hall–Kier alpha value is -3.41. The summed E-state index contributed by atoms with van der Waals surface area (Å²) in [5.74, 6) is 1.96. The standard InChI is InChI=1S/C28H33NO5/c1-5-33-25-16-26-22(23(17-34-26)19-11-12-24(31-3)27(14-19)32-4)15-21(25)18(2)13-28(30)29-20-9-7-6-8-10-20/h11-17,20H,5-10H2,1-4H3,(H,29,30)/b18-13+. The summed E-state index contributed by atoms with van der Waals surface area (Å²) in [4.78, 5) is 12.7. The molecule has 1 saturated carbocycles. The van der Waals surface area contributed by atoms with Crippen LogP contribution in [0.4, 0.5) is 0 Å². The normalized spacial score (nSPS) is 14.8. The minimum Gasteiger partial charge on any atom is -0.493 e. The van der Waals surface area contributed by atoms with E-state index in [0.29, 0.717) is 23.9 Å². The van der Waals surface area contributed by atoms with Crippen molar-refractivity contribution in [3.63, 3.8) is 0 Å². The fraction of sp³-hybridized carbons (Fsp3) is 0.393. The second kappa shape index (κ2) is 10.7. The van der Waals surface area contributed by atoms with Gasteiger partial charge in [0.25, 0.3) is 0 Å². The van der Waals surface area contributed by atoms with Crippen LogP contribution in [-0.4, -0.2) is 32.8 Å². The fourth-order valence-corrected chi connectivity index (χ4v) is 4.63. The van der Waals surface area contributed by atoms with E-state index < -0.39 is 0 Å². The van der Waals surface area contributed by atoms with E-state index in [1.54, 1.807) is 26.6 Å². The number of carbonyl (C=O) groups is 1. The Morgan fingerprint density at radius 2 is 1.82 bits per heavy atom. The van der Waals surface area contributed by atoms with Gasteiger partial charge in [0.1, 0.15) is 11.3 Å². The predicted molar refractivity (Wildman–Crippen MR) is 135 cm³/mol. The second-order valence-corrected chi connectivity index (χ2v) is 8.67. The van der Waals surface area contributed by atoms with Crippen LogP contribution in [0, 0.1) is 0 Å². The molecule has 1 heterocycles. The number of rotatable bonds is 8. The van der Waals surface area contributed by atoms with Gasteiger partial charge in [-0.25, -0.2) is 0 Å². The van der Waals surface area contributed by atoms with Gasteiger partial charge in [-0.15, -0.1) is 0 Å². The molecule has 1 aliphatic rings. The van der Waals surface area contributed by atoms with E-state index in [-0.39, 0.29) is 11.9 Å². The first kappa shape index (κ1) is 23.7. The quantitative estimate of drug-likeness (QED) is 0.393. The molecule has 3 aromatic rings. The summed E-state index contributed by atoms with van der Waals surface area (Å²) in [6.07, 6.45) is 9.13. The fourth-order valence-electron chi connectivity index (χ4n) is 4.63. The topological polar surface area (TPSA) is 69.9 Å². The van der Waals surface area contributed by atoms with E-state index in [1.165, 1.54) is 19.3 Å². The van der Waals surface area contributed by atoms with Crippen molar-refractivity contribution in [3.05, 3.63) is 48.2 Å². The van der Waals surface area contributed by atoms with Crippen molar-refractivity contribution in [1.29, 1.82) is 0 Å². The van der Waals surface area contributed by atoms with Crippen LogP contribution in [0.15, 0.2) is 47.1 Å². The summed E-state index contributed by atoms with van der Waals surface area (Å²) in [5.41, 5.74) is 4.31. The Labute approximate surface area is 200 Å². The lowest BCUT2D eigenvalue weighted by Crippen LogP contribution is -2.35. The average Bonchev–Trinajstić information content (AvgIpc) is 3.26. The molecule has 2 aromatic carbocycles. The Morgan fingerprint density at radius 3 is 2.53 bits per heavy atom. The van der Waals surface area contributed by atoms with Gasteiger partial charge in [0.05, 0.1) is 27.1 Å². The molecule has 1 fully saturated rings. The number of ether oxygens (including phenoxy) is 3. The zero-order valence-corrected chi connectivity index (χ0v) is 20.4. The minimum absolute atomic E-state index is 0.0562. The number of amides is 1. The number of fused-ring (bicyclic) bond motifs is 1. The van der Waals surface area contributed by atoms with E-state index in [9.17, 15) is 4.79 Å². The van der Waals surface area contributed by atoms with Gasteiger partial charge in [0.2, 0.25) is 5.91 Å². The van der Waals surface area contributed by atoms with Gasteiger partial charge in [-0.1, -0.05) is 25.3 Å². The van der Waals surface area contributed by atoms with Crippen LogP contribution >= 0.6 is 0 Å². The van der Waals surface area contributed by atoms with Gasteiger partial charge in [0, 0.05) is 34.7 Å². The summed E-state index contributed by atoms with van der Waals surface area (Å²) in [6.45, 7) is 4.41. The van der Waals surface area contributed by atoms with Crippen molar-refractivity contribution >= 4 is 22.4 Å². The molecule has 0 radical (unpaired) electrons. The smallest absolute Gasteiger partial charge is 0.244 e. The van der Waals surface area contributed by atoms with E-state index in [0.717, 1.165) is 46.1 Å². The summed E-state index contributed by atoms with van der Waals surface area (Å²) < 4.78 is 22.6. The third kappa shape index (κ3) is 5.06. The van der Waals surface area contributed by atoms with Crippen LogP contribution < -0.4 is 19.5 Å². The van der Waals surface area contributed by atoms with Crippen molar-refractivity contribution in [2.24, 2.45) is 0 Å². The number of hydrogen-bond donors (Lipinski definition) is 1. The molecule has 180 valence electrons. The highest BCUT2D eigenvalue weighted by Gasteiger charge is 2.18. The molecular formula is C28H33NO5. The predicted octanol–water partition coefficient (Wildman–Crippen LogP) is 6.37. The molecule has 1 aliphatic carbocycles. The SMILES string of the molecule is CCOc1cc2occ(-c3ccc(OC)c(OC)c3)c2cc1/C(C)=C/C(=O)NC1CCCCC1. The zero-order chi connectivity index (χ0) is 24.1. The van der Waals surface area contributed by atoms with Crippen LogP contribution in [0.5, 0.6) is 17.2 Å². The highest BCUT2D eigenvalue weighted by molar-refractivity contribution is 6.00. The van der Waals surface area contributed by atoms with Crippen LogP contribution in [0.25, 0.3) is 27.7 Å². The zero-order valence-electron chi connectivity index (χ0n) is 20.4. The third-order valence-electron chi connectivity index (χ3n) is 6.39. The molecule has 0 aliphatic heterocycles. The van der Waals surface area contributed by atoms with Gasteiger partial charge < -0.3 is 23.9 Å². The van der Waals surface area contributed by atoms with Crippen LogP contribution in [0.3, 0.4) is 0 Å². The average molecular weight is 464 g/mol. The van der Waals surface area contributed by atoms with Gasteiger partial charge in [-0.2, -0.15) is 0 Å². The first-order chi connectivity index (χ1) is 16.5. The van der Waals surface area contributed by atoms with Crippen molar-refractivity contribution in [2.75, 3.05) is 20.8 Å². The molecule has 1 aromatic heterocycles. The monoisotopic (exact) mass is 463 g/mol. The number of allylic oxidation sites excluding steroid dienone is 1. The number of furan rings is 1. The maximum Gasteiger partial charge on any atom is 0.244 e. The summed E-state index contributed by atoms with van der Waals surface area (Å²) >= 11 is 0. The Bertz CT molecular complexity index is 1190. The molecular weight excluding hydrogens is 430 g/mol. The van der Waals surface area contributed by atoms with Crippen LogP contribution in [0.1, 0.15) is 51.5 Å². The Balaban J connectivity index is 1.71. The lowest BCUT2D eigenvalue weighted by Gasteiger charge is -2.22. The molecule has 0 saturated heterocycles. The molecule has 4 rings (SSSR count). The number of hydrogen-bond acceptors (Lipinski definition) is 5. The summed E-state index contributed by atoms with van der Waals surface area (Å²) in [5, 5.41) is 4.10. The summed E-state index contributed by atoms with van der Waals surface area (Å²) in [6, 6.07) is 9.99.